The van der Waals surface area contributed by atoms with Crippen LogP contribution in [0.25, 0.3) is 5.57 Å². The molecule has 86 valence electrons. The van der Waals surface area contributed by atoms with Gasteiger partial charge in [0.05, 0.1) is 6.61 Å². The van der Waals surface area contributed by atoms with Crippen LogP contribution in [-0.4, -0.2) is 17.7 Å². The highest BCUT2D eigenvalue weighted by Gasteiger charge is 2.04. The van der Waals surface area contributed by atoms with Gasteiger partial charge in [-0.3, -0.25) is 0 Å². The first-order valence-electron chi connectivity index (χ1n) is 5.19. The molecule has 3 nitrogen and oxygen atoms in total. The van der Waals surface area contributed by atoms with Crippen LogP contribution in [0.4, 0.5) is 0 Å². The fourth-order valence-electron chi connectivity index (χ4n) is 1.60. The Labute approximate surface area is 95.4 Å². The Hall–Kier alpha value is -1.77. The molecule has 16 heavy (non-hydrogen) atoms. The molecular weight excluding hydrogens is 204 g/mol. The van der Waals surface area contributed by atoms with Crippen molar-refractivity contribution in [3.05, 3.63) is 35.4 Å². The summed E-state index contributed by atoms with van der Waals surface area (Å²) in [6.45, 7) is 6.29. The normalized spacial score (nSPS) is 11.3. The second-order valence-electron chi connectivity index (χ2n) is 3.58. The zero-order valence-corrected chi connectivity index (χ0v) is 9.78. The van der Waals surface area contributed by atoms with Gasteiger partial charge in [-0.25, -0.2) is 4.79 Å². The van der Waals surface area contributed by atoms with Gasteiger partial charge in [0.25, 0.3) is 0 Å². The highest BCUT2D eigenvalue weighted by Crippen LogP contribution is 2.23. The van der Waals surface area contributed by atoms with Crippen molar-refractivity contribution < 1.29 is 14.6 Å². The Kier molecular flexibility index (Phi) is 4.11. The molecule has 1 rings (SSSR count). The Morgan fingerprint density at radius 3 is 2.69 bits per heavy atom. The molecular formula is C13H16O3. The van der Waals surface area contributed by atoms with Gasteiger partial charge in [-0.1, -0.05) is 6.07 Å². The van der Waals surface area contributed by atoms with Gasteiger partial charge in [-0.05, 0) is 49.6 Å². The predicted molar refractivity (Wildman–Crippen MR) is 63.6 cm³/mol. The van der Waals surface area contributed by atoms with Crippen LogP contribution in [-0.2, 0) is 4.79 Å². The fraction of sp³-hybridized carbons (Fsp3) is 0.308. The lowest BCUT2D eigenvalue weighted by atomic mass is 10.0. The van der Waals surface area contributed by atoms with E-state index in [9.17, 15) is 4.79 Å². The lowest BCUT2D eigenvalue weighted by Gasteiger charge is -2.09. The fourth-order valence-corrected chi connectivity index (χ4v) is 1.60. The highest BCUT2D eigenvalue weighted by molar-refractivity contribution is 5.89. The number of aryl methyl sites for hydroxylation is 1. The summed E-state index contributed by atoms with van der Waals surface area (Å²) in [5.41, 5.74) is 2.69. The third-order valence-electron chi connectivity index (χ3n) is 2.27. The van der Waals surface area contributed by atoms with E-state index < -0.39 is 5.97 Å². The zero-order valence-electron chi connectivity index (χ0n) is 9.78. The Bertz CT molecular complexity index is 419. The van der Waals surface area contributed by atoms with Crippen molar-refractivity contribution in [2.75, 3.05) is 6.61 Å². The lowest BCUT2D eigenvalue weighted by molar-refractivity contribution is -0.131. The minimum Gasteiger partial charge on any atom is -0.494 e. The summed E-state index contributed by atoms with van der Waals surface area (Å²) in [6, 6.07) is 5.65. The van der Waals surface area contributed by atoms with Crippen LogP contribution in [0, 0.1) is 6.92 Å². The predicted octanol–water partition coefficient (Wildman–Crippen LogP) is 2.88. The monoisotopic (exact) mass is 220 g/mol. The molecule has 0 atom stereocenters. The van der Waals surface area contributed by atoms with Crippen molar-refractivity contribution in [1.82, 2.24) is 0 Å². The number of rotatable bonds is 4. The number of carbonyl (C=O) groups is 1. The largest absolute Gasteiger partial charge is 0.494 e. The molecule has 0 amide bonds. The maximum Gasteiger partial charge on any atom is 0.328 e. The third-order valence-corrected chi connectivity index (χ3v) is 2.27. The van der Waals surface area contributed by atoms with Gasteiger partial charge in [0.15, 0.2) is 0 Å². The summed E-state index contributed by atoms with van der Waals surface area (Å²) in [6.07, 6.45) is 1.21. The number of hydrogen-bond acceptors (Lipinski definition) is 2. The molecule has 0 spiro atoms. The van der Waals surface area contributed by atoms with Crippen LogP contribution in [0.2, 0.25) is 0 Å². The number of hydrogen-bond donors (Lipinski definition) is 1. The smallest absolute Gasteiger partial charge is 0.328 e. The van der Waals surface area contributed by atoms with E-state index >= 15 is 0 Å². The molecule has 0 radical (unpaired) electrons. The second-order valence-corrected chi connectivity index (χ2v) is 3.58. The van der Waals surface area contributed by atoms with Crippen molar-refractivity contribution >= 4 is 11.5 Å². The molecule has 0 aliphatic heterocycles. The van der Waals surface area contributed by atoms with Crippen molar-refractivity contribution in [2.24, 2.45) is 0 Å². The number of ether oxygens (including phenoxy) is 1. The van der Waals surface area contributed by atoms with E-state index in [-0.39, 0.29) is 0 Å². The Balaban J connectivity index is 3.03. The van der Waals surface area contributed by atoms with Gasteiger partial charge in [-0.2, -0.15) is 0 Å². The summed E-state index contributed by atoms with van der Waals surface area (Å²) < 4.78 is 5.37. The van der Waals surface area contributed by atoms with Crippen LogP contribution in [0.15, 0.2) is 24.3 Å². The van der Waals surface area contributed by atoms with E-state index in [1.165, 1.54) is 6.08 Å². The maximum atomic E-state index is 10.6. The quantitative estimate of drug-likeness (QED) is 0.793. The molecule has 0 heterocycles. The minimum atomic E-state index is -0.925. The summed E-state index contributed by atoms with van der Waals surface area (Å²) in [5, 5.41) is 8.67. The molecule has 3 heteroatoms. The standard InChI is InChI=1S/C13H16O3/c1-4-16-11-5-6-12(9(2)7-11)10(3)8-13(14)15/h5-8H,4H2,1-3H3,(H,14,15)/b10-8+. The van der Waals surface area contributed by atoms with E-state index in [2.05, 4.69) is 0 Å². The highest BCUT2D eigenvalue weighted by atomic mass is 16.5. The topological polar surface area (TPSA) is 46.5 Å². The molecule has 1 aromatic carbocycles. The molecule has 0 saturated carbocycles. The summed E-state index contributed by atoms with van der Waals surface area (Å²) >= 11 is 0. The van der Waals surface area contributed by atoms with Gasteiger partial charge < -0.3 is 9.84 Å². The van der Waals surface area contributed by atoms with Crippen LogP contribution < -0.4 is 4.74 Å². The molecule has 0 bridgehead atoms. The first kappa shape index (κ1) is 12.3. The van der Waals surface area contributed by atoms with Gasteiger partial charge >= 0.3 is 5.97 Å². The van der Waals surface area contributed by atoms with Crippen LogP contribution >= 0.6 is 0 Å². The SMILES string of the molecule is CCOc1ccc(/C(C)=C/C(=O)O)c(C)c1. The molecule has 0 aromatic heterocycles. The molecule has 0 saturated heterocycles. The molecule has 0 aliphatic rings. The summed E-state index contributed by atoms with van der Waals surface area (Å²) in [4.78, 5) is 10.6. The van der Waals surface area contributed by atoms with E-state index in [1.54, 1.807) is 6.92 Å². The van der Waals surface area contributed by atoms with Gasteiger partial charge in [0, 0.05) is 6.08 Å². The summed E-state index contributed by atoms with van der Waals surface area (Å²) in [5.74, 6) is -0.113. The van der Waals surface area contributed by atoms with Gasteiger partial charge in [0.2, 0.25) is 0 Å². The van der Waals surface area contributed by atoms with Gasteiger partial charge in [-0.15, -0.1) is 0 Å². The third kappa shape index (κ3) is 3.12. The summed E-state index contributed by atoms with van der Waals surface area (Å²) in [7, 11) is 0. The number of benzene rings is 1. The number of aliphatic carboxylic acids is 1. The lowest BCUT2D eigenvalue weighted by Crippen LogP contribution is -1.95. The van der Waals surface area contributed by atoms with E-state index in [4.69, 9.17) is 9.84 Å². The molecule has 1 aromatic rings. The van der Waals surface area contributed by atoms with Crippen molar-refractivity contribution in [2.45, 2.75) is 20.8 Å². The van der Waals surface area contributed by atoms with Gasteiger partial charge in [0.1, 0.15) is 5.75 Å². The average Bonchev–Trinajstić information content (AvgIpc) is 2.16. The van der Waals surface area contributed by atoms with Crippen LogP contribution in [0.1, 0.15) is 25.0 Å². The molecule has 0 unspecified atom stereocenters. The number of carboxylic acids is 1. The molecule has 0 fully saturated rings. The maximum absolute atomic E-state index is 10.6. The Morgan fingerprint density at radius 2 is 2.19 bits per heavy atom. The second kappa shape index (κ2) is 5.35. The van der Waals surface area contributed by atoms with Crippen molar-refractivity contribution in [3.8, 4) is 5.75 Å². The minimum absolute atomic E-state index is 0.628. The number of allylic oxidation sites excluding steroid dienone is 1. The van der Waals surface area contributed by atoms with Crippen LogP contribution in [0.3, 0.4) is 0 Å². The first-order valence-corrected chi connectivity index (χ1v) is 5.19. The van der Waals surface area contributed by atoms with E-state index in [0.29, 0.717) is 6.61 Å². The van der Waals surface area contributed by atoms with E-state index in [1.807, 2.05) is 32.0 Å². The van der Waals surface area contributed by atoms with E-state index in [0.717, 1.165) is 22.4 Å². The molecule has 1 N–H and O–H groups in total. The number of carboxylic acid groups (broad SMARTS) is 1. The average molecular weight is 220 g/mol. The Morgan fingerprint density at radius 1 is 1.50 bits per heavy atom. The molecule has 0 aliphatic carbocycles. The first-order chi connectivity index (χ1) is 7.54. The van der Waals surface area contributed by atoms with Crippen molar-refractivity contribution in [3.63, 3.8) is 0 Å². The van der Waals surface area contributed by atoms with Crippen LogP contribution in [0.5, 0.6) is 5.75 Å². The zero-order chi connectivity index (χ0) is 12.1. The van der Waals surface area contributed by atoms with Crippen molar-refractivity contribution in [1.29, 1.82) is 0 Å².